The van der Waals surface area contributed by atoms with Crippen LogP contribution in [0.15, 0.2) is 54.6 Å². The molecule has 1 amide bonds. The van der Waals surface area contributed by atoms with Crippen molar-refractivity contribution in [3.8, 4) is 0 Å². The first-order valence-corrected chi connectivity index (χ1v) is 11.2. The fourth-order valence-electron chi connectivity index (χ4n) is 4.59. The van der Waals surface area contributed by atoms with E-state index in [4.69, 9.17) is 9.47 Å². The summed E-state index contributed by atoms with van der Waals surface area (Å²) in [5.41, 5.74) is 3.55. The number of piperidine rings is 1. The summed E-state index contributed by atoms with van der Waals surface area (Å²) in [6.07, 6.45) is 5.28. The van der Waals surface area contributed by atoms with E-state index < -0.39 is 0 Å². The van der Waals surface area contributed by atoms with Crippen LogP contribution >= 0.6 is 0 Å². The van der Waals surface area contributed by atoms with Gasteiger partial charge in [-0.2, -0.15) is 0 Å². The van der Waals surface area contributed by atoms with E-state index in [0.717, 1.165) is 45.2 Å². The molecule has 0 radical (unpaired) electrons. The molecule has 1 saturated carbocycles. The van der Waals surface area contributed by atoms with Crippen LogP contribution in [0.3, 0.4) is 0 Å². The van der Waals surface area contributed by atoms with Crippen molar-refractivity contribution < 1.29 is 14.3 Å². The first kappa shape index (κ1) is 21.1. The lowest BCUT2D eigenvalue weighted by atomic mass is 9.88. The van der Waals surface area contributed by atoms with Gasteiger partial charge >= 0.3 is 0 Å². The Morgan fingerprint density at radius 1 is 0.967 bits per heavy atom. The average molecular weight is 408 g/mol. The number of rotatable bonds is 9. The lowest BCUT2D eigenvalue weighted by molar-refractivity contribution is -0.135. The molecule has 30 heavy (non-hydrogen) atoms. The lowest BCUT2D eigenvalue weighted by Gasteiger charge is -2.34. The number of hydrogen-bond donors (Lipinski definition) is 0. The molecule has 1 aliphatic carbocycles. The molecular formula is C26H33NO3. The Morgan fingerprint density at radius 2 is 1.63 bits per heavy atom. The molecule has 1 saturated heterocycles. The van der Waals surface area contributed by atoms with E-state index in [1.54, 1.807) is 7.11 Å². The summed E-state index contributed by atoms with van der Waals surface area (Å²) in [4.78, 5) is 15.3. The minimum absolute atomic E-state index is 0.227. The van der Waals surface area contributed by atoms with Gasteiger partial charge in [0.2, 0.25) is 5.91 Å². The standard InChI is InChI=1S/C26H33NO3/c1-29-17-18-30-20-23-9-7-21(8-10-23)19-22-11-15-27(16-12-22)25(28)26(13-14-26)24-5-3-2-4-6-24/h2-10,22H,11-20H2,1H3. The van der Waals surface area contributed by atoms with Crippen molar-refractivity contribution >= 4 is 5.91 Å². The third-order valence-electron chi connectivity index (χ3n) is 6.64. The Balaban J connectivity index is 1.24. The molecule has 0 bridgehead atoms. The predicted molar refractivity (Wildman–Crippen MR) is 118 cm³/mol. The van der Waals surface area contributed by atoms with Crippen molar-refractivity contribution in [3.05, 3.63) is 71.3 Å². The molecule has 2 aromatic rings. The molecular weight excluding hydrogens is 374 g/mol. The van der Waals surface area contributed by atoms with Gasteiger partial charge in [-0.05, 0) is 54.7 Å². The van der Waals surface area contributed by atoms with Crippen molar-refractivity contribution in [2.75, 3.05) is 33.4 Å². The number of nitrogens with zero attached hydrogens (tertiary/aromatic N) is 1. The summed E-state index contributed by atoms with van der Waals surface area (Å²) in [5, 5.41) is 0. The topological polar surface area (TPSA) is 38.8 Å². The monoisotopic (exact) mass is 407 g/mol. The second kappa shape index (κ2) is 9.76. The predicted octanol–water partition coefficient (Wildman–Crippen LogP) is 4.36. The van der Waals surface area contributed by atoms with Gasteiger partial charge in [-0.3, -0.25) is 4.79 Å². The zero-order valence-corrected chi connectivity index (χ0v) is 18.0. The van der Waals surface area contributed by atoms with E-state index in [1.807, 2.05) is 18.2 Å². The molecule has 2 fully saturated rings. The fraction of sp³-hybridized carbons (Fsp3) is 0.500. The van der Waals surface area contributed by atoms with Gasteiger partial charge in [0, 0.05) is 20.2 Å². The molecule has 4 nitrogen and oxygen atoms in total. The highest BCUT2D eigenvalue weighted by atomic mass is 16.5. The van der Waals surface area contributed by atoms with Gasteiger partial charge < -0.3 is 14.4 Å². The normalized spacial score (nSPS) is 18.4. The van der Waals surface area contributed by atoms with Crippen molar-refractivity contribution in [1.29, 1.82) is 0 Å². The van der Waals surface area contributed by atoms with Crippen molar-refractivity contribution in [1.82, 2.24) is 4.90 Å². The van der Waals surface area contributed by atoms with E-state index in [2.05, 4.69) is 41.3 Å². The van der Waals surface area contributed by atoms with Crippen LogP contribution in [0, 0.1) is 5.92 Å². The number of likely N-dealkylation sites (tertiary alicyclic amines) is 1. The Morgan fingerprint density at radius 3 is 2.27 bits per heavy atom. The summed E-state index contributed by atoms with van der Waals surface area (Å²) in [7, 11) is 1.69. The number of methoxy groups -OCH3 is 1. The van der Waals surface area contributed by atoms with Crippen LogP contribution in [0.2, 0.25) is 0 Å². The van der Waals surface area contributed by atoms with Crippen molar-refractivity contribution in [2.45, 2.75) is 44.1 Å². The molecule has 2 aliphatic rings. The number of carbonyl (C=O) groups excluding carboxylic acids is 1. The molecule has 0 spiro atoms. The molecule has 0 atom stereocenters. The van der Waals surface area contributed by atoms with Crippen molar-refractivity contribution in [2.24, 2.45) is 5.92 Å². The Bertz CT molecular complexity index is 806. The average Bonchev–Trinajstić information content (AvgIpc) is 3.61. The highest BCUT2D eigenvalue weighted by Gasteiger charge is 2.53. The first-order chi connectivity index (χ1) is 14.7. The molecule has 4 rings (SSSR count). The molecule has 2 aromatic carbocycles. The van der Waals surface area contributed by atoms with E-state index in [9.17, 15) is 4.79 Å². The Kier molecular flexibility index (Phi) is 6.86. The van der Waals surface area contributed by atoms with Gasteiger partial charge in [-0.15, -0.1) is 0 Å². The maximum atomic E-state index is 13.2. The van der Waals surface area contributed by atoms with E-state index >= 15 is 0 Å². The highest BCUT2D eigenvalue weighted by Crippen LogP contribution is 2.49. The third kappa shape index (κ3) is 4.93. The number of benzene rings is 2. The number of amides is 1. The summed E-state index contributed by atoms with van der Waals surface area (Å²) in [6.45, 7) is 3.67. The quantitative estimate of drug-likeness (QED) is 0.580. The summed E-state index contributed by atoms with van der Waals surface area (Å²) in [6, 6.07) is 19.1. The SMILES string of the molecule is COCCOCc1ccc(CC2CCN(C(=O)C3(c4ccccc4)CC3)CC2)cc1. The van der Waals surface area contributed by atoms with Gasteiger partial charge in [0.15, 0.2) is 0 Å². The van der Waals surface area contributed by atoms with Gasteiger partial charge in [0.25, 0.3) is 0 Å². The number of carbonyl (C=O) groups is 1. The van der Waals surface area contributed by atoms with Gasteiger partial charge in [-0.25, -0.2) is 0 Å². The lowest BCUT2D eigenvalue weighted by Crippen LogP contribution is -2.44. The number of ether oxygens (including phenoxy) is 2. The molecule has 1 heterocycles. The molecule has 160 valence electrons. The van der Waals surface area contributed by atoms with E-state index in [-0.39, 0.29) is 5.41 Å². The second-order valence-electron chi connectivity index (χ2n) is 8.75. The second-order valence-corrected chi connectivity index (χ2v) is 8.75. The maximum Gasteiger partial charge on any atom is 0.233 e. The molecule has 4 heteroatoms. The smallest absolute Gasteiger partial charge is 0.233 e. The third-order valence-corrected chi connectivity index (χ3v) is 6.64. The minimum Gasteiger partial charge on any atom is -0.382 e. The molecule has 0 N–H and O–H groups in total. The van der Waals surface area contributed by atoms with Gasteiger partial charge in [0.05, 0.1) is 25.2 Å². The van der Waals surface area contributed by atoms with Crippen LogP contribution in [0.5, 0.6) is 0 Å². The minimum atomic E-state index is -0.227. The van der Waals surface area contributed by atoms with Crippen LogP contribution in [0.4, 0.5) is 0 Å². The van der Waals surface area contributed by atoms with Gasteiger partial charge in [-0.1, -0.05) is 54.6 Å². The Hall–Kier alpha value is -2.17. The maximum absolute atomic E-state index is 13.2. The van der Waals surface area contributed by atoms with Crippen LogP contribution in [-0.2, 0) is 32.7 Å². The first-order valence-electron chi connectivity index (χ1n) is 11.2. The fourth-order valence-corrected chi connectivity index (χ4v) is 4.59. The zero-order valence-electron chi connectivity index (χ0n) is 18.0. The van der Waals surface area contributed by atoms with E-state index in [1.165, 1.54) is 16.7 Å². The van der Waals surface area contributed by atoms with Crippen LogP contribution in [0.25, 0.3) is 0 Å². The summed E-state index contributed by atoms with van der Waals surface area (Å²) < 4.78 is 10.6. The van der Waals surface area contributed by atoms with Crippen LogP contribution < -0.4 is 0 Å². The van der Waals surface area contributed by atoms with Crippen LogP contribution in [0.1, 0.15) is 42.4 Å². The number of hydrogen-bond acceptors (Lipinski definition) is 3. The highest BCUT2D eigenvalue weighted by molar-refractivity contribution is 5.91. The summed E-state index contributed by atoms with van der Waals surface area (Å²) in [5.74, 6) is 1.01. The summed E-state index contributed by atoms with van der Waals surface area (Å²) >= 11 is 0. The zero-order chi connectivity index (χ0) is 20.8. The Labute approximate surface area is 180 Å². The van der Waals surface area contributed by atoms with Crippen molar-refractivity contribution in [3.63, 3.8) is 0 Å². The van der Waals surface area contributed by atoms with Crippen LogP contribution in [-0.4, -0.2) is 44.2 Å². The molecule has 1 aliphatic heterocycles. The molecule has 0 aromatic heterocycles. The van der Waals surface area contributed by atoms with Gasteiger partial charge in [0.1, 0.15) is 0 Å². The largest absolute Gasteiger partial charge is 0.382 e. The van der Waals surface area contributed by atoms with E-state index in [0.29, 0.717) is 31.6 Å². The molecule has 0 unspecified atom stereocenters.